The highest BCUT2D eigenvalue weighted by molar-refractivity contribution is 7.99. The molecule has 0 saturated carbocycles. The Morgan fingerprint density at radius 3 is 2.76 bits per heavy atom. The third kappa shape index (κ3) is 2.44. The molecule has 2 rings (SSSR count). The number of nitrogen functional groups attached to an aromatic ring is 1. The number of nitrogens with one attached hydrogen (secondary N) is 1. The lowest BCUT2D eigenvalue weighted by molar-refractivity contribution is 0.664. The van der Waals surface area contributed by atoms with E-state index < -0.39 is 0 Å². The summed E-state index contributed by atoms with van der Waals surface area (Å²) in [7, 11) is 1.79. The molecule has 1 heterocycles. The number of benzene rings is 1. The predicted octanol–water partition coefficient (Wildman–Crippen LogP) is 0.954. The minimum atomic E-state index is 0.0828. The maximum absolute atomic E-state index is 7.41. The summed E-state index contributed by atoms with van der Waals surface area (Å²) in [4.78, 5) is 1.02. The molecule has 7 heteroatoms. The van der Waals surface area contributed by atoms with Gasteiger partial charge in [0.2, 0.25) is 5.16 Å². The smallest absolute Gasteiger partial charge is 0.213 e. The minimum absolute atomic E-state index is 0.0828. The Labute approximate surface area is 103 Å². The molecule has 0 saturated heterocycles. The van der Waals surface area contributed by atoms with Gasteiger partial charge in [0, 0.05) is 17.5 Å². The Balaban J connectivity index is 2.27. The van der Waals surface area contributed by atoms with E-state index in [-0.39, 0.29) is 5.84 Å². The zero-order chi connectivity index (χ0) is 12.4. The van der Waals surface area contributed by atoms with Crippen LogP contribution in [-0.2, 0) is 7.05 Å². The maximum atomic E-state index is 7.41. The molecule has 0 radical (unpaired) electrons. The minimum Gasteiger partial charge on any atom is -0.384 e. The lowest BCUT2D eigenvalue weighted by Crippen LogP contribution is -2.12. The van der Waals surface area contributed by atoms with Crippen LogP contribution < -0.4 is 5.73 Å². The molecule has 0 amide bonds. The van der Waals surface area contributed by atoms with Crippen molar-refractivity contribution in [1.29, 1.82) is 5.41 Å². The first-order chi connectivity index (χ1) is 8.08. The van der Waals surface area contributed by atoms with Gasteiger partial charge in [-0.2, -0.15) is 0 Å². The summed E-state index contributed by atoms with van der Waals surface area (Å²) >= 11 is 1.47. The topological polar surface area (TPSA) is 93.5 Å². The van der Waals surface area contributed by atoms with Crippen LogP contribution in [-0.4, -0.2) is 26.0 Å². The largest absolute Gasteiger partial charge is 0.384 e. The molecule has 0 spiro atoms. The molecule has 0 unspecified atom stereocenters. The monoisotopic (exact) mass is 248 g/mol. The summed E-state index contributed by atoms with van der Waals surface area (Å²) in [6.07, 6.45) is 0. The first kappa shape index (κ1) is 11.6. The Morgan fingerprint density at radius 2 is 2.24 bits per heavy atom. The first-order valence-corrected chi connectivity index (χ1v) is 5.75. The Bertz CT molecular complexity index is 562. The standard InChI is InChI=1S/C10H12N6S/c1-6-5-7(3-4-8(6)9(11)12)17-10-13-14-15-16(10)2/h3-5H,1-2H3,(H3,11,12). The van der Waals surface area contributed by atoms with Crippen molar-refractivity contribution in [3.05, 3.63) is 29.3 Å². The van der Waals surface area contributed by atoms with Gasteiger partial charge in [-0.25, -0.2) is 4.68 Å². The molecule has 0 aliphatic rings. The van der Waals surface area contributed by atoms with Crippen LogP contribution in [0.3, 0.4) is 0 Å². The van der Waals surface area contributed by atoms with Gasteiger partial charge in [-0.1, -0.05) is 0 Å². The van der Waals surface area contributed by atoms with Gasteiger partial charge >= 0.3 is 0 Å². The van der Waals surface area contributed by atoms with Gasteiger partial charge in [-0.05, 0) is 52.9 Å². The van der Waals surface area contributed by atoms with Crippen LogP contribution in [0.2, 0.25) is 0 Å². The lowest BCUT2D eigenvalue weighted by atomic mass is 10.1. The Hall–Kier alpha value is -1.89. The fourth-order valence-corrected chi connectivity index (χ4v) is 2.24. The summed E-state index contributed by atoms with van der Waals surface area (Å²) in [5.41, 5.74) is 7.19. The van der Waals surface area contributed by atoms with Crippen LogP contribution in [0.4, 0.5) is 0 Å². The second-order valence-electron chi connectivity index (χ2n) is 3.58. The van der Waals surface area contributed by atoms with Gasteiger partial charge in [0.25, 0.3) is 0 Å². The molecule has 0 atom stereocenters. The summed E-state index contributed by atoms with van der Waals surface area (Å²) < 4.78 is 1.61. The molecule has 88 valence electrons. The Morgan fingerprint density at radius 1 is 1.47 bits per heavy atom. The summed E-state index contributed by atoms with van der Waals surface area (Å²) in [6.45, 7) is 1.93. The van der Waals surface area contributed by atoms with E-state index in [4.69, 9.17) is 11.1 Å². The number of nitrogens with two attached hydrogens (primary N) is 1. The highest BCUT2D eigenvalue weighted by Gasteiger charge is 2.07. The van der Waals surface area contributed by atoms with Crippen molar-refractivity contribution in [2.24, 2.45) is 12.8 Å². The SMILES string of the molecule is Cc1cc(Sc2nnnn2C)ccc1C(=N)N. The van der Waals surface area contributed by atoms with E-state index >= 15 is 0 Å². The number of amidine groups is 1. The molecule has 6 nitrogen and oxygen atoms in total. The van der Waals surface area contributed by atoms with Crippen LogP contribution in [0.15, 0.2) is 28.3 Å². The number of aromatic nitrogens is 4. The highest BCUT2D eigenvalue weighted by atomic mass is 32.2. The molecular weight excluding hydrogens is 236 g/mol. The molecule has 0 bridgehead atoms. The summed E-state index contributed by atoms with van der Waals surface area (Å²) in [5.74, 6) is 0.0828. The maximum Gasteiger partial charge on any atom is 0.213 e. The molecular formula is C10H12N6S. The van der Waals surface area contributed by atoms with E-state index in [1.807, 2.05) is 25.1 Å². The van der Waals surface area contributed by atoms with Crippen molar-refractivity contribution < 1.29 is 0 Å². The number of nitrogens with zero attached hydrogens (tertiary/aromatic N) is 4. The van der Waals surface area contributed by atoms with Gasteiger partial charge in [0.15, 0.2) is 0 Å². The first-order valence-electron chi connectivity index (χ1n) is 4.93. The third-order valence-electron chi connectivity index (χ3n) is 2.28. The summed E-state index contributed by atoms with van der Waals surface area (Å²) in [5, 5.41) is 19.4. The predicted molar refractivity (Wildman–Crippen MR) is 65.1 cm³/mol. The fourth-order valence-electron chi connectivity index (χ4n) is 1.41. The van der Waals surface area contributed by atoms with Gasteiger partial charge in [-0.15, -0.1) is 5.10 Å². The van der Waals surface area contributed by atoms with Crippen molar-refractivity contribution in [1.82, 2.24) is 20.2 Å². The number of tetrazole rings is 1. The van der Waals surface area contributed by atoms with Crippen LogP contribution in [0.25, 0.3) is 0 Å². The van der Waals surface area contributed by atoms with E-state index in [9.17, 15) is 0 Å². The zero-order valence-electron chi connectivity index (χ0n) is 9.51. The third-order valence-corrected chi connectivity index (χ3v) is 3.30. The van der Waals surface area contributed by atoms with Crippen LogP contribution in [0.1, 0.15) is 11.1 Å². The molecule has 1 aromatic heterocycles. The molecule has 1 aromatic carbocycles. The summed E-state index contributed by atoms with van der Waals surface area (Å²) in [6, 6.07) is 5.71. The molecule has 0 aliphatic carbocycles. The second kappa shape index (κ2) is 4.54. The van der Waals surface area contributed by atoms with E-state index in [1.54, 1.807) is 11.7 Å². The Kier molecular flexibility index (Phi) is 3.10. The molecule has 0 fully saturated rings. The molecule has 17 heavy (non-hydrogen) atoms. The zero-order valence-corrected chi connectivity index (χ0v) is 10.3. The quantitative estimate of drug-likeness (QED) is 0.623. The van der Waals surface area contributed by atoms with Gasteiger partial charge < -0.3 is 5.73 Å². The van der Waals surface area contributed by atoms with Crippen LogP contribution in [0, 0.1) is 12.3 Å². The van der Waals surface area contributed by atoms with Crippen molar-refractivity contribution in [3.8, 4) is 0 Å². The number of rotatable bonds is 3. The van der Waals surface area contributed by atoms with E-state index in [2.05, 4.69) is 15.5 Å². The van der Waals surface area contributed by atoms with Gasteiger partial charge in [-0.3, -0.25) is 5.41 Å². The van der Waals surface area contributed by atoms with Gasteiger partial charge in [0.05, 0.1) is 0 Å². The molecule has 3 N–H and O–H groups in total. The van der Waals surface area contributed by atoms with Crippen molar-refractivity contribution >= 4 is 17.6 Å². The van der Waals surface area contributed by atoms with Crippen molar-refractivity contribution in [2.45, 2.75) is 17.0 Å². The van der Waals surface area contributed by atoms with Crippen LogP contribution >= 0.6 is 11.8 Å². The highest BCUT2D eigenvalue weighted by Crippen LogP contribution is 2.26. The van der Waals surface area contributed by atoms with Crippen LogP contribution in [0.5, 0.6) is 0 Å². The van der Waals surface area contributed by atoms with E-state index in [0.717, 1.165) is 21.2 Å². The van der Waals surface area contributed by atoms with E-state index in [0.29, 0.717) is 0 Å². The van der Waals surface area contributed by atoms with Crippen molar-refractivity contribution in [3.63, 3.8) is 0 Å². The molecule has 0 aliphatic heterocycles. The number of hydrogen-bond acceptors (Lipinski definition) is 5. The normalized spacial score (nSPS) is 10.5. The average molecular weight is 248 g/mol. The number of hydrogen-bond donors (Lipinski definition) is 2. The molecule has 2 aromatic rings. The lowest BCUT2D eigenvalue weighted by Gasteiger charge is -2.06. The van der Waals surface area contributed by atoms with E-state index in [1.165, 1.54) is 11.8 Å². The average Bonchev–Trinajstić information content (AvgIpc) is 2.64. The van der Waals surface area contributed by atoms with Gasteiger partial charge in [0.1, 0.15) is 5.84 Å². The van der Waals surface area contributed by atoms with Crippen molar-refractivity contribution in [2.75, 3.05) is 0 Å². The fraction of sp³-hybridized carbons (Fsp3) is 0.200. The second-order valence-corrected chi connectivity index (χ2v) is 4.62. The number of aryl methyl sites for hydroxylation is 2.